The molecule has 0 saturated heterocycles. The van der Waals surface area contributed by atoms with E-state index in [0.717, 1.165) is 24.4 Å². The molecule has 128 valence electrons. The maximum atomic E-state index is 12.9. The van der Waals surface area contributed by atoms with E-state index in [4.69, 9.17) is 4.42 Å². The number of amides is 2. The van der Waals surface area contributed by atoms with Crippen molar-refractivity contribution >= 4 is 23.3 Å². The minimum atomic E-state index is -0.819. The van der Waals surface area contributed by atoms with Crippen LogP contribution in [-0.4, -0.2) is 37.9 Å². The quantitative estimate of drug-likeness (QED) is 0.896. The molecular formula is C16H20N4O3S. The molecule has 1 atom stereocenters. The zero-order valence-electron chi connectivity index (χ0n) is 13.9. The Bertz CT molecular complexity index is 702. The van der Waals surface area contributed by atoms with Gasteiger partial charge in [0.1, 0.15) is 5.76 Å². The highest BCUT2D eigenvalue weighted by atomic mass is 32.1. The van der Waals surface area contributed by atoms with Crippen LogP contribution >= 0.6 is 11.5 Å². The first-order chi connectivity index (χ1) is 11.4. The largest absolute Gasteiger partial charge is 0.467 e. The molecule has 3 rings (SSSR count). The van der Waals surface area contributed by atoms with Crippen molar-refractivity contribution < 1.29 is 14.0 Å². The van der Waals surface area contributed by atoms with E-state index < -0.39 is 11.6 Å². The Morgan fingerprint density at radius 1 is 1.42 bits per heavy atom. The Balaban J connectivity index is 1.96. The Hall–Kier alpha value is -2.22. The van der Waals surface area contributed by atoms with Crippen molar-refractivity contribution in [2.75, 3.05) is 0 Å². The number of aromatic nitrogens is 2. The average Bonchev–Trinajstić information content (AvgIpc) is 3.00. The average molecular weight is 348 g/mol. The Morgan fingerprint density at radius 3 is 2.67 bits per heavy atom. The lowest BCUT2D eigenvalue weighted by molar-refractivity contribution is -0.128. The molecule has 0 spiro atoms. The van der Waals surface area contributed by atoms with Crippen LogP contribution in [0.15, 0.2) is 28.2 Å². The minimum Gasteiger partial charge on any atom is -0.467 e. The highest BCUT2D eigenvalue weighted by molar-refractivity contribution is 7.03. The molecule has 2 aromatic rings. The second-order valence-electron chi connectivity index (χ2n) is 6.89. The van der Waals surface area contributed by atoms with Crippen molar-refractivity contribution in [3.63, 3.8) is 0 Å². The lowest BCUT2D eigenvalue weighted by atomic mass is 10.1. The number of carbonyl (C=O) groups excluding carboxylic acids is 2. The van der Waals surface area contributed by atoms with Crippen LogP contribution in [0, 0.1) is 0 Å². The smallest absolute Gasteiger partial charge is 0.276 e. The van der Waals surface area contributed by atoms with Crippen molar-refractivity contribution in [2.45, 2.75) is 51.2 Å². The van der Waals surface area contributed by atoms with E-state index in [9.17, 15) is 9.59 Å². The summed E-state index contributed by atoms with van der Waals surface area (Å²) in [6.45, 7) is 5.70. The van der Waals surface area contributed by atoms with Crippen LogP contribution in [0.2, 0.25) is 0 Å². The number of hydrogen-bond acceptors (Lipinski definition) is 6. The van der Waals surface area contributed by atoms with Crippen LogP contribution in [0.4, 0.5) is 0 Å². The lowest BCUT2D eigenvalue weighted by Crippen LogP contribution is -2.50. The SMILES string of the molecule is CC(C)(C)NC(=O)[C@H](c1ccco1)N(C(=O)c1csnn1)C1CC1. The van der Waals surface area contributed by atoms with Crippen LogP contribution in [-0.2, 0) is 4.79 Å². The van der Waals surface area contributed by atoms with Crippen molar-refractivity contribution in [1.29, 1.82) is 0 Å². The van der Waals surface area contributed by atoms with E-state index in [1.807, 2.05) is 20.8 Å². The van der Waals surface area contributed by atoms with Crippen molar-refractivity contribution in [1.82, 2.24) is 19.8 Å². The molecule has 0 unspecified atom stereocenters. The van der Waals surface area contributed by atoms with E-state index in [2.05, 4.69) is 14.9 Å². The van der Waals surface area contributed by atoms with E-state index in [1.165, 1.54) is 6.26 Å². The van der Waals surface area contributed by atoms with Gasteiger partial charge in [0.2, 0.25) is 0 Å². The number of nitrogens with zero attached hydrogens (tertiary/aromatic N) is 3. The number of hydrogen-bond donors (Lipinski definition) is 1. The van der Waals surface area contributed by atoms with Gasteiger partial charge in [-0.25, -0.2) is 0 Å². The maximum absolute atomic E-state index is 12.9. The molecule has 0 radical (unpaired) electrons. The molecule has 1 saturated carbocycles. The second kappa shape index (κ2) is 6.35. The summed E-state index contributed by atoms with van der Waals surface area (Å²) in [5, 5.41) is 8.40. The molecule has 1 fully saturated rings. The highest BCUT2D eigenvalue weighted by Crippen LogP contribution is 2.36. The Morgan fingerprint density at radius 2 is 2.17 bits per heavy atom. The van der Waals surface area contributed by atoms with Crippen LogP contribution in [0.25, 0.3) is 0 Å². The normalized spacial score (nSPS) is 15.8. The summed E-state index contributed by atoms with van der Waals surface area (Å²) >= 11 is 1.11. The van der Waals surface area contributed by atoms with Gasteiger partial charge < -0.3 is 14.6 Å². The first-order valence-electron chi connectivity index (χ1n) is 7.82. The van der Waals surface area contributed by atoms with Gasteiger partial charge in [0.15, 0.2) is 11.7 Å². The summed E-state index contributed by atoms with van der Waals surface area (Å²) in [6.07, 6.45) is 3.24. The molecule has 0 aromatic carbocycles. The fraction of sp³-hybridized carbons (Fsp3) is 0.500. The molecule has 2 aromatic heterocycles. The zero-order valence-corrected chi connectivity index (χ0v) is 14.7. The summed E-state index contributed by atoms with van der Waals surface area (Å²) in [5.41, 5.74) is -0.158. The van der Waals surface area contributed by atoms with E-state index in [-0.39, 0.29) is 23.6 Å². The number of furan rings is 1. The topological polar surface area (TPSA) is 88.3 Å². The molecule has 0 aliphatic heterocycles. The van der Waals surface area contributed by atoms with Crippen LogP contribution in [0.3, 0.4) is 0 Å². The molecule has 1 aliphatic rings. The summed E-state index contributed by atoms with van der Waals surface area (Å²) in [6, 6.07) is 2.63. The van der Waals surface area contributed by atoms with E-state index in [0.29, 0.717) is 5.76 Å². The predicted octanol–water partition coefficient (Wildman–Crippen LogP) is 2.39. The van der Waals surface area contributed by atoms with Gasteiger partial charge in [-0.1, -0.05) is 4.49 Å². The molecule has 1 N–H and O–H groups in total. The summed E-state index contributed by atoms with van der Waals surface area (Å²) in [4.78, 5) is 27.4. The van der Waals surface area contributed by atoms with Crippen LogP contribution in [0.1, 0.15) is 55.9 Å². The number of nitrogens with one attached hydrogen (secondary N) is 1. The fourth-order valence-electron chi connectivity index (χ4n) is 2.51. The van der Waals surface area contributed by atoms with Crippen molar-refractivity contribution in [2.24, 2.45) is 0 Å². The Kier molecular flexibility index (Phi) is 4.40. The van der Waals surface area contributed by atoms with Gasteiger partial charge >= 0.3 is 0 Å². The van der Waals surface area contributed by atoms with Crippen LogP contribution in [0.5, 0.6) is 0 Å². The molecule has 24 heavy (non-hydrogen) atoms. The van der Waals surface area contributed by atoms with Gasteiger partial charge in [0.05, 0.1) is 6.26 Å². The lowest BCUT2D eigenvalue weighted by Gasteiger charge is -2.31. The highest BCUT2D eigenvalue weighted by Gasteiger charge is 2.44. The molecule has 7 nitrogen and oxygen atoms in total. The standard InChI is InChI=1S/C16H20N4O3S/c1-16(2,3)17-14(21)13(12-5-4-8-23-12)20(10-6-7-10)15(22)11-9-24-19-18-11/h4-5,8-10,13H,6-7H2,1-3H3,(H,17,21)/t13-/m0/s1. The first kappa shape index (κ1) is 16.6. The van der Waals surface area contributed by atoms with Gasteiger partial charge in [-0.3, -0.25) is 9.59 Å². The predicted molar refractivity (Wildman–Crippen MR) is 88.4 cm³/mol. The van der Waals surface area contributed by atoms with Crippen molar-refractivity contribution in [3.8, 4) is 0 Å². The van der Waals surface area contributed by atoms with E-state index >= 15 is 0 Å². The first-order valence-corrected chi connectivity index (χ1v) is 8.65. The van der Waals surface area contributed by atoms with Gasteiger partial charge in [-0.15, -0.1) is 5.10 Å². The minimum absolute atomic E-state index is 0.0139. The van der Waals surface area contributed by atoms with Gasteiger partial charge in [-0.05, 0) is 57.3 Å². The molecule has 2 amide bonds. The Labute approximate surface area is 144 Å². The molecule has 8 heteroatoms. The summed E-state index contributed by atoms with van der Waals surface area (Å²) in [7, 11) is 0. The van der Waals surface area contributed by atoms with Gasteiger partial charge in [0, 0.05) is 17.0 Å². The molecule has 1 aliphatic carbocycles. The number of carbonyl (C=O) groups is 2. The van der Waals surface area contributed by atoms with Gasteiger partial charge in [0.25, 0.3) is 11.8 Å². The van der Waals surface area contributed by atoms with Crippen molar-refractivity contribution in [3.05, 3.63) is 35.2 Å². The third kappa shape index (κ3) is 3.64. The van der Waals surface area contributed by atoms with Crippen LogP contribution < -0.4 is 5.32 Å². The summed E-state index contributed by atoms with van der Waals surface area (Å²) < 4.78 is 9.22. The second-order valence-corrected chi connectivity index (χ2v) is 7.50. The summed E-state index contributed by atoms with van der Waals surface area (Å²) in [5.74, 6) is -0.113. The number of rotatable bonds is 5. The third-order valence-corrected chi connectivity index (χ3v) is 4.10. The monoisotopic (exact) mass is 348 g/mol. The molecular weight excluding hydrogens is 328 g/mol. The third-order valence-electron chi connectivity index (χ3n) is 3.59. The molecule has 2 heterocycles. The zero-order chi connectivity index (χ0) is 17.3. The van der Waals surface area contributed by atoms with E-state index in [1.54, 1.807) is 22.4 Å². The van der Waals surface area contributed by atoms with Gasteiger partial charge in [-0.2, -0.15) is 0 Å². The molecule has 0 bridgehead atoms. The maximum Gasteiger partial charge on any atom is 0.276 e. The fourth-order valence-corrected chi connectivity index (χ4v) is 2.94.